The summed E-state index contributed by atoms with van der Waals surface area (Å²) >= 11 is 0. The summed E-state index contributed by atoms with van der Waals surface area (Å²) in [6, 6.07) is 15.7. The predicted octanol–water partition coefficient (Wildman–Crippen LogP) is 3.28. The van der Waals surface area contributed by atoms with Gasteiger partial charge in [-0.1, -0.05) is 18.2 Å². The molecule has 0 bridgehead atoms. The first-order valence-corrected chi connectivity index (χ1v) is 7.91. The lowest BCUT2D eigenvalue weighted by Crippen LogP contribution is -2.35. The summed E-state index contributed by atoms with van der Waals surface area (Å²) < 4.78 is 6.07. The lowest BCUT2D eigenvalue weighted by atomic mass is 10.0. The van der Waals surface area contributed by atoms with Gasteiger partial charge in [-0.05, 0) is 55.3 Å². The van der Waals surface area contributed by atoms with E-state index in [0.717, 1.165) is 42.7 Å². The Morgan fingerprint density at radius 3 is 2.39 bits per heavy atom. The van der Waals surface area contributed by atoms with Crippen molar-refractivity contribution in [2.45, 2.75) is 18.9 Å². The molecule has 0 unspecified atom stereocenters. The minimum absolute atomic E-state index is 0.195. The summed E-state index contributed by atoms with van der Waals surface area (Å²) in [6.07, 6.45) is 2.20. The van der Waals surface area contributed by atoms with Crippen LogP contribution in [0.3, 0.4) is 0 Å². The largest absolute Gasteiger partial charge is 0.489 e. The third-order valence-electron chi connectivity index (χ3n) is 4.30. The summed E-state index contributed by atoms with van der Waals surface area (Å²) in [6.45, 7) is 2.08. The predicted molar refractivity (Wildman–Crippen MR) is 92.2 cm³/mol. The molecule has 1 heterocycles. The molecule has 1 aliphatic rings. The van der Waals surface area contributed by atoms with Gasteiger partial charge in [-0.3, -0.25) is 0 Å². The number of rotatable bonds is 3. The van der Waals surface area contributed by atoms with Gasteiger partial charge in [0.25, 0.3) is 0 Å². The number of anilines is 1. The molecule has 0 aromatic heterocycles. The van der Waals surface area contributed by atoms with Crippen molar-refractivity contribution in [3.05, 3.63) is 48.0 Å². The van der Waals surface area contributed by atoms with Crippen LogP contribution in [-0.4, -0.2) is 31.1 Å². The van der Waals surface area contributed by atoms with Crippen LogP contribution in [0.4, 0.5) is 5.69 Å². The van der Waals surface area contributed by atoms with Gasteiger partial charge in [0.2, 0.25) is 0 Å². The average Bonchev–Trinajstić information content (AvgIpc) is 2.58. The fraction of sp³-hybridized carbons (Fsp3) is 0.316. The second-order valence-electron chi connectivity index (χ2n) is 6.07. The third-order valence-corrected chi connectivity index (χ3v) is 4.30. The smallest absolute Gasteiger partial charge is 0.137 e. The van der Waals surface area contributed by atoms with Gasteiger partial charge in [0.15, 0.2) is 0 Å². The molecule has 118 valence electrons. The molecule has 1 aliphatic heterocycles. The van der Waals surface area contributed by atoms with Gasteiger partial charge >= 0.3 is 0 Å². The van der Waals surface area contributed by atoms with Crippen LogP contribution in [0.2, 0.25) is 0 Å². The maximum Gasteiger partial charge on any atom is 0.137 e. The van der Waals surface area contributed by atoms with E-state index >= 15 is 0 Å². The zero-order valence-corrected chi connectivity index (χ0v) is 13.3. The number of ether oxygens (including phenoxy) is 1. The molecule has 3 rings (SSSR count). The number of nitrogens with two attached hydrogens (primary N) is 1. The number of nitrogen functional groups attached to an aromatic ring is 1. The number of hydrogen-bond acceptors (Lipinski definition) is 4. The highest BCUT2D eigenvalue weighted by molar-refractivity contribution is 5.68. The highest BCUT2D eigenvalue weighted by Crippen LogP contribution is 2.28. The van der Waals surface area contributed by atoms with Crippen LogP contribution in [-0.2, 0) is 0 Å². The Balaban J connectivity index is 1.80. The maximum atomic E-state index is 9.45. The Labute approximate surface area is 137 Å². The van der Waals surface area contributed by atoms with Crippen molar-refractivity contribution >= 4 is 5.69 Å². The quantitative estimate of drug-likeness (QED) is 0.884. The molecule has 0 saturated carbocycles. The average molecular weight is 307 g/mol. The monoisotopic (exact) mass is 307 g/mol. The Morgan fingerprint density at radius 2 is 1.74 bits per heavy atom. The van der Waals surface area contributed by atoms with Crippen LogP contribution < -0.4 is 10.5 Å². The number of nitriles is 1. The van der Waals surface area contributed by atoms with Gasteiger partial charge in [0, 0.05) is 18.8 Å². The summed E-state index contributed by atoms with van der Waals surface area (Å²) in [5.74, 6) is 0.682. The number of nitrogens with zero attached hydrogens (tertiary/aromatic N) is 2. The molecule has 1 fully saturated rings. The lowest BCUT2D eigenvalue weighted by Gasteiger charge is -2.29. The Hall–Kier alpha value is -2.51. The topological polar surface area (TPSA) is 62.3 Å². The van der Waals surface area contributed by atoms with Crippen molar-refractivity contribution in [1.29, 1.82) is 5.26 Å². The molecule has 0 aliphatic carbocycles. The molecule has 0 amide bonds. The van der Waals surface area contributed by atoms with E-state index in [9.17, 15) is 5.26 Å². The molecule has 2 aromatic carbocycles. The second-order valence-corrected chi connectivity index (χ2v) is 6.07. The van der Waals surface area contributed by atoms with Crippen molar-refractivity contribution < 1.29 is 4.74 Å². The summed E-state index contributed by atoms with van der Waals surface area (Å²) in [5, 5.41) is 9.45. The van der Waals surface area contributed by atoms with Crippen LogP contribution in [0, 0.1) is 11.3 Å². The summed E-state index contributed by atoms with van der Waals surface area (Å²) in [7, 11) is 2.12. The van der Waals surface area contributed by atoms with Crippen molar-refractivity contribution in [2.24, 2.45) is 0 Å². The SMILES string of the molecule is CN1CCC(Oc2ccc(-c3ccc(N)cc3)cc2C#N)CC1. The van der Waals surface area contributed by atoms with Crippen LogP contribution in [0.25, 0.3) is 11.1 Å². The summed E-state index contributed by atoms with van der Waals surface area (Å²) in [5.41, 5.74) is 9.08. The van der Waals surface area contributed by atoms with Crippen molar-refractivity contribution in [3.63, 3.8) is 0 Å². The molecule has 0 atom stereocenters. The Bertz CT molecular complexity index is 710. The lowest BCUT2D eigenvalue weighted by molar-refractivity contribution is 0.114. The molecule has 0 radical (unpaired) electrons. The Kier molecular flexibility index (Phi) is 4.50. The first-order chi connectivity index (χ1) is 11.2. The van der Waals surface area contributed by atoms with Crippen molar-refractivity contribution in [1.82, 2.24) is 4.90 Å². The van der Waals surface area contributed by atoms with Crippen LogP contribution in [0.15, 0.2) is 42.5 Å². The van der Waals surface area contributed by atoms with E-state index in [1.807, 2.05) is 42.5 Å². The molecule has 23 heavy (non-hydrogen) atoms. The Morgan fingerprint density at radius 1 is 1.09 bits per heavy atom. The third kappa shape index (κ3) is 3.64. The normalized spacial score (nSPS) is 16.0. The zero-order chi connectivity index (χ0) is 16.2. The first-order valence-electron chi connectivity index (χ1n) is 7.91. The van der Waals surface area contributed by atoms with Crippen molar-refractivity contribution in [3.8, 4) is 22.9 Å². The van der Waals surface area contributed by atoms with Gasteiger partial charge in [-0.2, -0.15) is 5.26 Å². The van der Waals surface area contributed by atoms with E-state index in [1.165, 1.54) is 0 Å². The van der Waals surface area contributed by atoms with E-state index < -0.39 is 0 Å². The molecular weight excluding hydrogens is 286 g/mol. The maximum absolute atomic E-state index is 9.45. The molecule has 0 spiro atoms. The fourth-order valence-corrected chi connectivity index (χ4v) is 2.86. The van der Waals surface area contributed by atoms with E-state index in [4.69, 9.17) is 10.5 Å². The van der Waals surface area contributed by atoms with Crippen molar-refractivity contribution in [2.75, 3.05) is 25.9 Å². The molecule has 4 heteroatoms. The highest BCUT2D eigenvalue weighted by atomic mass is 16.5. The number of hydrogen-bond donors (Lipinski definition) is 1. The molecular formula is C19H21N3O. The minimum Gasteiger partial charge on any atom is -0.489 e. The molecule has 4 nitrogen and oxygen atoms in total. The number of benzene rings is 2. The number of piperidine rings is 1. The van der Waals surface area contributed by atoms with Crippen LogP contribution in [0.1, 0.15) is 18.4 Å². The molecule has 2 aromatic rings. The fourth-order valence-electron chi connectivity index (χ4n) is 2.86. The van der Waals surface area contributed by atoms with Gasteiger partial charge < -0.3 is 15.4 Å². The number of likely N-dealkylation sites (tertiary alicyclic amines) is 1. The van der Waals surface area contributed by atoms with E-state index in [2.05, 4.69) is 18.0 Å². The molecule has 1 saturated heterocycles. The van der Waals surface area contributed by atoms with Gasteiger partial charge in [0.1, 0.15) is 17.9 Å². The minimum atomic E-state index is 0.195. The molecule has 2 N–H and O–H groups in total. The standard InChI is InChI=1S/C19H21N3O/c1-22-10-8-18(9-11-22)23-19-7-4-15(12-16(19)13-20)14-2-5-17(21)6-3-14/h2-7,12,18H,8-11,21H2,1H3. The van der Waals surface area contributed by atoms with Crippen LogP contribution in [0.5, 0.6) is 5.75 Å². The highest BCUT2D eigenvalue weighted by Gasteiger charge is 2.19. The first kappa shape index (κ1) is 15.4. The van der Waals surface area contributed by atoms with Gasteiger partial charge in [-0.25, -0.2) is 0 Å². The summed E-state index contributed by atoms with van der Waals surface area (Å²) in [4.78, 5) is 2.30. The zero-order valence-electron chi connectivity index (χ0n) is 13.3. The van der Waals surface area contributed by atoms with Crippen LogP contribution >= 0.6 is 0 Å². The van der Waals surface area contributed by atoms with E-state index in [1.54, 1.807) is 0 Å². The second kappa shape index (κ2) is 6.72. The van der Waals surface area contributed by atoms with Gasteiger partial charge in [0.05, 0.1) is 5.56 Å². The van der Waals surface area contributed by atoms with Gasteiger partial charge in [-0.15, -0.1) is 0 Å². The van der Waals surface area contributed by atoms with E-state index in [0.29, 0.717) is 11.3 Å². The van der Waals surface area contributed by atoms with E-state index in [-0.39, 0.29) is 6.10 Å².